The molecule has 0 spiro atoms. The van der Waals surface area contributed by atoms with Crippen LogP contribution in [-0.4, -0.2) is 24.7 Å². The fourth-order valence-electron chi connectivity index (χ4n) is 1.47. The third-order valence-corrected chi connectivity index (χ3v) is 4.21. The van der Waals surface area contributed by atoms with Crippen molar-refractivity contribution in [2.45, 2.75) is 26.4 Å². The molecular weight excluding hydrogens is 298 g/mol. The Balaban J connectivity index is 2.44. The molecule has 0 amide bonds. The Hall–Kier alpha value is -0.190. The lowest BCUT2D eigenvalue weighted by atomic mass is 10.2. The predicted molar refractivity (Wildman–Crippen MR) is 80.0 cm³/mol. The second-order valence-electron chi connectivity index (χ2n) is 3.91. The summed E-state index contributed by atoms with van der Waals surface area (Å²) in [6.45, 7) is 5.31. The Labute approximate surface area is 117 Å². The number of nitrogens with one attached hydrogen (secondary N) is 1. The average molecular weight is 318 g/mol. The molecule has 0 saturated heterocycles. The summed E-state index contributed by atoms with van der Waals surface area (Å²) < 4.78 is 6.22. The Morgan fingerprint density at radius 2 is 2.24 bits per heavy atom. The van der Waals surface area contributed by atoms with Gasteiger partial charge in [-0.05, 0) is 46.3 Å². The zero-order valence-corrected chi connectivity index (χ0v) is 13.0. The lowest BCUT2D eigenvalue weighted by Gasteiger charge is -2.13. The molecule has 0 saturated carbocycles. The number of thioether (sulfide) groups is 1. The van der Waals surface area contributed by atoms with Crippen molar-refractivity contribution in [1.29, 1.82) is 0 Å². The van der Waals surface area contributed by atoms with E-state index in [4.69, 9.17) is 4.74 Å². The molecule has 1 N–H and O–H groups in total. The maximum absolute atomic E-state index is 5.21. The highest BCUT2D eigenvalue weighted by Gasteiger charge is 2.04. The van der Waals surface area contributed by atoms with E-state index in [1.165, 1.54) is 11.3 Å². The Bertz CT molecular complexity index is 346. The van der Waals surface area contributed by atoms with Crippen LogP contribution < -0.4 is 10.1 Å². The first kappa shape index (κ1) is 14.9. The number of benzene rings is 1. The Morgan fingerprint density at radius 1 is 1.47 bits per heavy atom. The number of halogens is 1. The van der Waals surface area contributed by atoms with Gasteiger partial charge in [0.25, 0.3) is 0 Å². The van der Waals surface area contributed by atoms with Gasteiger partial charge in [0, 0.05) is 18.3 Å². The molecule has 1 aromatic rings. The summed E-state index contributed by atoms with van der Waals surface area (Å²) in [6.07, 6.45) is 0. The number of hydrogen-bond acceptors (Lipinski definition) is 3. The predicted octanol–water partition coefficient (Wildman–Crippen LogP) is 3.69. The highest BCUT2D eigenvalue weighted by Crippen LogP contribution is 2.25. The van der Waals surface area contributed by atoms with Crippen molar-refractivity contribution in [3.63, 3.8) is 0 Å². The normalized spacial score (nSPS) is 12.5. The maximum atomic E-state index is 5.21. The molecule has 2 nitrogen and oxygen atoms in total. The first-order valence-corrected chi connectivity index (χ1v) is 7.75. The molecule has 1 aromatic carbocycles. The van der Waals surface area contributed by atoms with Gasteiger partial charge in [0.15, 0.2) is 0 Å². The summed E-state index contributed by atoms with van der Waals surface area (Å²) in [5.74, 6) is 3.22. The molecule has 0 fully saturated rings. The minimum Gasteiger partial charge on any atom is -0.496 e. The van der Waals surface area contributed by atoms with Gasteiger partial charge in [-0.2, -0.15) is 11.8 Å². The van der Waals surface area contributed by atoms with E-state index in [1.807, 2.05) is 17.8 Å². The largest absolute Gasteiger partial charge is 0.496 e. The van der Waals surface area contributed by atoms with Crippen molar-refractivity contribution < 1.29 is 4.74 Å². The molecule has 0 aromatic heterocycles. The molecule has 0 radical (unpaired) electrons. The smallest absolute Gasteiger partial charge is 0.133 e. The lowest BCUT2D eigenvalue weighted by molar-refractivity contribution is 0.412. The zero-order chi connectivity index (χ0) is 12.7. The molecule has 0 heterocycles. The van der Waals surface area contributed by atoms with Crippen LogP contribution in [0.1, 0.15) is 19.4 Å². The first-order chi connectivity index (χ1) is 8.17. The van der Waals surface area contributed by atoms with Gasteiger partial charge < -0.3 is 10.1 Å². The molecule has 96 valence electrons. The van der Waals surface area contributed by atoms with E-state index in [0.717, 1.165) is 22.5 Å². The molecule has 0 aliphatic rings. The van der Waals surface area contributed by atoms with Crippen molar-refractivity contribution in [3.05, 3.63) is 28.2 Å². The van der Waals surface area contributed by atoms with Gasteiger partial charge in [-0.25, -0.2) is 0 Å². The summed E-state index contributed by atoms with van der Waals surface area (Å²) in [7, 11) is 1.68. The minimum absolute atomic E-state index is 0.542. The molecular formula is C13H20BrNOS. The summed E-state index contributed by atoms with van der Waals surface area (Å²) in [4.78, 5) is 0. The third-order valence-electron chi connectivity index (χ3n) is 2.44. The van der Waals surface area contributed by atoms with E-state index in [1.54, 1.807) is 7.11 Å². The van der Waals surface area contributed by atoms with Crippen molar-refractivity contribution in [3.8, 4) is 5.75 Å². The second-order valence-corrected chi connectivity index (χ2v) is 6.08. The van der Waals surface area contributed by atoms with Crippen molar-refractivity contribution >= 4 is 27.7 Å². The molecule has 1 atom stereocenters. The van der Waals surface area contributed by atoms with Crippen LogP contribution in [0.2, 0.25) is 0 Å². The van der Waals surface area contributed by atoms with Crippen LogP contribution >= 0.6 is 27.7 Å². The van der Waals surface area contributed by atoms with Crippen LogP contribution in [0, 0.1) is 0 Å². The second kappa shape index (κ2) is 8.01. The van der Waals surface area contributed by atoms with Crippen LogP contribution in [0.15, 0.2) is 22.7 Å². The minimum atomic E-state index is 0.542. The average Bonchev–Trinajstić information content (AvgIpc) is 2.34. The molecule has 17 heavy (non-hydrogen) atoms. The first-order valence-electron chi connectivity index (χ1n) is 5.81. The van der Waals surface area contributed by atoms with Crippen LogP contribution in [0.4, 0.5) is 0 Å². The summed E-state index contributed by atoms with van der Waals surface area (Å²) in [6, 6.07) is 6.73. The van der Waals surface area contributed by atoms with E-state index in [0.29, 0.717) is 6.04 Å². The quantitative estimate of drug-likeness (QED) is 0.828. The SMILES string of the molecule is CCSCC(C)NCc1ccc(OC)c(Br)c1. The summed E-state index contributed by atoms with van der Waals surface area (Å²) >= 11 is 5.47. The van der Waals surface area contributed by atoms with Crippen LogP contribution in [0.3, 0.4) is 0 Å². The maximum Gasteiger partial charge on any atom is 0.133 e. The Kier molecular flexibility index (Phi) is 7.00. The highest BCUT2D eigenvalue weighted by molar-refractivity contribution is 9.10. The van der Waals surface area contributed by atoms with E-state index < -0.39 is 0 Å². The van der Waals surface area contributed by atoms with Crippen molar-refractivity contribution in [1.82, 2.24) is 5.32 Å². The fourth-order valence-corrected chi connectivity index (χ4v) is 2.76. The zero-order valence-electron chi connectivity index (χ0n) is 10.6. The molecule has 0 aliphatic heterocycles. The van der Waals surface area contributed by atoms with Gasteiger partial charge >= 0.3 is 0 Å². The fraction of sp³-hybridized carbons (Fsp3) is 0.538. The third kappa shape index (κ3) is 5.32. The number of rotatable bonds is 7. The van der Waals surface area contributed by atoms with Crippen molar-refractivity contribution in [2.75, 3.05) is 18.6 Å². The Morgan fingerprint density at radius 3 is 2.82 bits per heavy atom. The van der Waals surface area contributed by atoms with Gasteiger partial charge in [-0.1, -0.05) is 13.0 Å². The monoisotopic (exact) mass is 317 g/mol. The van der Waals surface area contributed by atoms with E-state index >= 15 is 0 Å². The van der Waals surface area contributed by atoms with E-state index in [-0.39, 0.29) is 0 Å². The van der Waals surface area contributed by atoms with Crippen LogP contribution in [-0.2, 0) is 6.54 Å². The topological polar surface area (TPSA) is 21.3 Å². The van der Waals surface area contributed by atoms with Gasteiger partial charge in [0.1, 0.15) is 5.75 Å². The van der Waals surface area contributed by atoms with Crippen molar-refractivity contribution in [2.24, 2.45) is 0 Å². The lowest BCUT2D eigenvalue weighted by Crippen LogP contribution is -2.27. The van der Waals surface area contributed by atoms with Gasteiger partial charge in [0.2, 0.25) is 0 Å². The van der Waals surface area contributed by atoms with Crippen LogP contribution in [0.5, 0.6) is 5.75 Å². The molecule has 1 unspecified atom stereocenters. The van der Waals surface area contributed by atoms with E-state index in [2.05, 4.69) is 47.2 Å². The van der Waals surface area contributed by atoms with E-state index in [9.17, 15) is 0 Å². The van der Waals surface area contributed by atoms with Gasteiger partial charge in [-0.15, -0.1) is 0 Å². The number of methoxy groups -OCH3 is 1. The number of ether oxygens (including phenoxy) is 1. The molecule has 4 heteroatoms. The molecule has 0 bridgehead atoms. The van der Waals surface area contributed by atoms with Gasteiger partial charge in [-0.3, -0.25) is 0 Å². The summed E-state index contributed by atoms with van der Waals surface area (Å²) in [5.41, 5.74) is 1.27. The highest BCUT2D eigenvalue weighted by atomic mass is 79.9. The molecule has 1 rings (SSSR count). The van der Waals surface area contributed by atoms with Crippen LogP contribution in [0.25, 0.3) is 0 Å². The molecule has 0 aliphatic carbocycles. The summed E-state index contributed by atoms with van der Waals surface area (Å²) in [5, 5.41) is 3.52. The van der Waals surface area contributed by atoms with Gasteiger partial charge in [0.05, 0.1) is 11.6 Å². The number of hydrogen-bond donors (Lipinski definition) is 1. The standard InChI is InChI=1S/C13H20BrNOS/c1-4-17-9-10(2)15-8-11-5-6-13(16-3)12(14)7-11/h5-7,10,15H,4,8-9H2,1-3H3.